The fourth-order valence-corrected chi connectivity index (χ4v) is 10.8. The third-order valence-corrected chi connectivity index (χ3v) is 13.5. The number of carbonyl (C=O) groups is 1. The molecule has 0 aliphatic heterocycles. The van der Waals surface area contributed by atoms with E-state index in [4.69, 9.17) is 0 Å². The zero-order valence-electron chi connectivity index (χ0n) is 22.6. The molecule has 0 aromatic rings. The SMILES string of the molecule is C[C@@H]1CC[C@]2(C(=O)O)CC[C@]3(C)C(=CC[C@@H]4[C@@]5(C)CC[C@@H](O)C(C)(C)[C@@H]5CC[C@]43C)C2[C@]1(C)O. The third-order valence-electron chi connectivity index (χ3n) is 13.5. The van der Waals surface area contributed by atoms with Gasteiger partial charge in [-0.05, 0) is 104 Å². The van der Waals surface area contributed by atoms with Crippen molar-refractivity contribution >= 4 is 5.97 Å². The average molecular weight is 473 g/mol. The van der Waals surface area contributed by atoms with Crippen molar-refractivity contribution < 1.29 is 20.1 Å². The second-order valence-electron chi connectivity index (χ2n) is 14.7. The summed E-state index contributed by atoms with van der Waals surface area (Å²) in [5.74, 6) is 0.0848. The molecule has 0 saturated heterocycles. The Hall–Kier alpha value is -0.870. The van der Waals surface area contributed by atoms with E-state index in [-0.39, 0.29) is 39.6 Å². The van der Waals surface area contributed by atoms with Crippen LogP contribution in [0, 0.1) is 50.7 Å². The van der Waals surface area contributed by atoms with E-state index in [0.717, 1.165) is 44.9 Å². The Morgan fingerprint density at radius 2 is 1.59 bits per heavy atom. The van der Waals surface area contributed by atoms with Gasteiger partial charge in [-0.1, -0.05) is 53.2 Å². The average Bonchev–Trinajstić information content (AvgIpc) is 2.74. The van der Waals surface area contributed by atoms with Crippen molar-refractivity contribution in [2.45, 2.75) is 118 Å². The van der Waals surface area contributed by atoms with Gasteiger partial charge in [0, 0.05) is 5.92 Å². The van der Waals surface area contributed by atoms with E-state index in [0.29, 0.717) is 24.7 Å². The van der Waals surface area contributed by atoms with Crippen LogP contribution in [0.25, 0.3) is 0 Å². The van der Waals surface area contributed by atoms with Crippen LogP contribution in [0.15, 0.2) is 11.6 Å². The number of hydrogen-bond donors (Lipinski definition) is 3. The molecule has 4 saturated carbocycles. The molecule has 10 atom stereocenters. The number of rotatable bonds is 1. The van der Waals surface area contributed by atoms with Gasteiger partial charge in [-0.3, -0.25) is 4.79 Å². The molecule has 5 rings (SSSR count). The van der Waals surface area contributed by atoms with Gasteiger partial charge in [0.15, 0.2) is 0 Å². The van der Waals surface area contributed by atoms with Gasteiger partial charge in [-0.2, -0.15) is 0 Å². The van der Waals surface area contributed by atoms with E-state index >= 15 is 0 Å². The summed E-state index contributed by atoms with van der Waals surface area (Å²) in [5, 5.41) is 33.3. The van der Waals surface area contributed by atoms with Crippen LogP contribution in [0.3, 0.4) is 0 Å². The summed E-state index contributed by atoms with van der Waals surface area (Å²) < 4.78 is 0. The summed E-state index contributed by atoms with van der Waals surface area (Å²) in [6, 6.07) is 0. The Bertz CT molecular complexity index is 919. The second-order valence-corrected chi connectivity index (χ2v) is 14.7. The lowest BCUT2D eigenvalue weighted by Gasteiger charge is -2.71. The van der Waals surface area contributed by atoms with Crippen LogP contribution in [0.2, 0.25) is 0 Å². The molecule has 34 heavy (non-hydrogen) atoms. The molecule has 4 nitrogen and oxygen atoms in total. The van der Waals surface area contributed by atoms with Crippen LogP contribution in [-0.2, 0) is 4.79 Å². The predicted molar refractivity (Wildman–Crippen MR) is 134 cm³/mol. The zero-order chi connectivity index (χ0) is 25.1. The van der Waals surface area contributed by atoms with Gasteiger partial charge in [-0.25, -0.2) is 0 Å². The minimum Gasteiger partial charge on any atom is -0.481 e. The summed E-state index contributed by atoms with van der Waals surface area (Å²) in [7, 11) is 0. The number of carboxylic acid groups (broad SMARTS) is 1. The Balaban J connectivity index is 1.64. The Morgan fingerprint density at radius 1 is 0.912 bits per heavy atom. The molecule has 0 heterocycles. The topological polar surface area (TPSA) is 77.8 Å². The molecular weight excluding hydrogens is 424 g/mol. The monoisotopic (exact) mass is 472 g/mol. The van der Waals surface area contributed by atoms with E-state index in [1.165, 1.54) is 5.57 Å². The molecular formula is C30H48O4. The number of allylic oxidation sites excluding steroid dienone is 1. The molecule has 0 bridgehead atoms. The van der Waals surface area contributed by atoms with Crippen LogP contribution in [0.4, 0.5) is 0 Å². The van der Waals surface area contributed by atoms with E-state index in [2.05, 4.69) is 47.6 Å². The summed E-state index contributed by atoms with van der Waals surface area (Å²) in [4.78, 5) is 12.8. The van der Waals surface area contributed by atoms with Crippen LogP contribution in [-0.4, -0.2) is 33.0 Å². The van der Waals surface area contributed by atoms with Gasteiger partial charge in [0.05, 0.1) is 17.1 Å². The zero-order valence-corrected chi connectivity index (χ0v) is 22.6. The first-order valence-electron chi connectivity index (χ1n) is 13.9. The molecule has 5 aliphatic rings. The van der Waals surface area contributed by atoms with Gasteiger partial charge in [0.1, 0.15) is 0 Å². The Kier molecular flexibility index (Phi) is 5.20. The normalized spacial score (nSPS) is 56.3. The molecule has 192 valence electrons. The maximum Gasteiger partial charge on any atom is 0.310 e. The quantitative estimate of drug-likeness (QED) is 0.397. The highest BCUT2D eigenvalue weighted by Gasteiger charge is 2.71. The molecule has 0 spiro atoms. The first-order valence-corrected chi connectivity index (χ1v) is 13.9. The van der Waals surface area contributed by atoms with Crippen molar-refractivity contribution in [1.82, 2.24) is 0 Å². The smallest absolute Gasteiger partial charge is 0.310 e. The van der Waals surface area contributed by atoms with Crippen molar-refractivity contribution in [3.63, 3.8) is 0 Å². The summed E-state index contributed by atoms with van der Waals surface area (Å²) in [5.41, 5.74) is -0.532. The van der Waals surface area contributed by atoms with Gasteiger partial charge in [0.2, 0.25) is 0 Å². The van der Waals surface area contributed by atoms with Gasteiger partial charge >= 0.3 is 5.97 Å². The summed E-state index contributed by atoms with van der Waals surface area (Å²) in [6.45, 7) is 16.0. The maximum atomic E-state index is 12.8. The van der Waals surface area contributed by atoms with Crippen LogP contribution < -0.4 is 0 Å². The van der Waals surface area contributed by atoms with Crippen molar-refractivity contribution in [3.8, 4) is 0 Å². The first-order chi connectivity index (χ1) is 15.6. The van der Waals surface area contributed by atoms with Crippen molar-refractivity contribution in [2.24, 2.45) is 50.7 Å². The van der Waals surface area contributed by atoms with Gasteiger partial charge in [-0.15, -0.1) is 0 Å². The van der Waals surface area contributed by atoms with Gasteiger partial charge in [0.25, 0.3) is 0 Å². The Labute approximate surface area is 206 Å². The predicted octanol–water partition coefficient (Wildman–Crippen LogP) is 6.20. The second kappa shape index (κ2) is 7.12. The number of aliphatic hydroxyl groups excluding tert-OH is 1. The van der Waals surface area contributed by atoms with Crippen molar-refractivity contribution in [1.29, 1.82) is 0 Å². The highest BCUT2D eigenvalue weighted by atomic mass is 16.4. The molecule has 1 unspecified atom stereocenters. The third kappa shape index (κ3) is 2.71. The lowest BCUT2D eigenvalue weighted by atomic mass is 9.33. The lowest BCUT2D eigenvalue weighted by Crippen LogP contribution is -2.67. The number of carboxylic acids is 1. The molecule has 0 aromatic heterocycles. The molecule has 5 aliphatic carbocycles. The fourth-order valence-electron chi connectivity index (χ4n) is 10.8. The minimum atomic E-state index is -1.01. The molecule has 4 fully saturated rings. The molecule has 0 amide bonds. The number of aliphatic carboxylic acids is 1. The first kappa shape index (κ1) is 24.8. The summed E-state index contributed by atoms with van der Waals surface area (Å²) >= 11 is 0. The van der Waals surface area contributed by atoms with Crippen molar-refractivity contribution in [2.75, 3.05) is 0 Å². The van der Waals surface area contributed by atoms with E-state index in [1.54, 1.807) is 0 Å². The van der Waals surface area contributed by atoms with E-state index in [9.17, 15) is 20.1 Å². The number of hydrogen-bond acceptors (Lipinski definition) is 3. The van der Waals surface area contributed by atoms with Gasteiger partial charge < -0.3 is 15.3 Å². The molecule has 3 N–H and O–H groups in total. The highest BCUT2D eigenvalue weighted by molar-refractivity contribution is 5.77. The van der Waals surface area contributed by atoms with Crippen molar-refractivity contribution in [3.05, 3.63) is 11.6 Å². The molecule has 0 radical (unpaired) electrons. The standard InChI is InChI=1S/C30H48O4/c1-18-10-15-30(24(32)33)17-16-27(5)19(23(30)29(18,7)34)8-9-21-26(4)13-12-22(31)25(2,3)20(26)11-14-28(21,27)6/h8,18,20-23,31,34H,9-17H2,1-7H3,(H,32,33)/t18-,20+,21-,22-,23?,26+,27-,28-,29-,30+/m1/s1. The summed E-state index contributed by atoms with van der Waals surface area (Å²) in [6.07, 6.45) is 10.3. The molecule has 0 aromatic carbocycles. The highest BCUT2D eigenvalue weighted by Crippen LogP contribution is 2.76. The Morgan fingerprint density at radius 3 is 2.24 bits per heavy atom. The maximum absolute atomic E-state index is 12.8. The number of fused-ring (bicyclic) bond motifs is 7. The fraction of sp³-hybridized carbons (Fsp3) is 0.900. The minimum absolute atomic E-state index is 0.0716. The van der Waals surface area contributed by atoms with E-state index in [1.807, 2.05) is 6.92 Å². The van der Waals surface area contributed by atoms with Crippen LogP contribution >= 0.6 is 0 Å². The lowest BCUT2D eigenvalue weighted by molar-refractivity contribution is -0.217. The largest absolute Gasteiger partial charge is 0.481 e. The molecule has 4 heteroatoms. The van der Waals surface area contributed by atoms with Crippen LogP contribution in [0.1, 0.15) is 106 Å². The number of aliphatic hydroxyl groups is 2. The van der Waals surface area contributed by atoms with Crippen LogP contribution in [0.5, 0.6) is 0 Å². The van der Waals surface area contributed by atoms with E-state index < -0.39 is 17.0 Å².